The molecule has 0 heterocycles. The number of hydrogen-bond donors (Lipinski definition) is 1. The van der Waals surface area contributed by atoms with Crippen LogP contribution in [-0.2, 0) is 6.42 Å². The highest BCUT2D eigenvalue weighted by Gasteiger charge is 2.19. The summed E-state index contributed by atoms with van der Waals surface area (Å²) in [6, 6.07) is 5.45. The highest BCUT2D eigenvalue weighted by atomic mass is 35.5. The van der Waals surface area contributed by atoms with E-state index in [2.05, 4.69) is 39.9 Å². The number of likely N-dealkylation sites (N-methyl/N-ethyl adjacent to an activating group) is 1. The molecule has 0 radical (unpaired) electrons. The molecule has 1 N–H and O–H groups in total. The van der Waals surface area contributed by atoms with E-state index in [1.807, 2.05) is 6.07 Å². The minimum absolute atomic E-state index is 0.213. The monoisotopic (exact) mass is 313 g/mol. The van der Waals surface area contributed by atoms with Crippen molar-refractivity contribution >= 4 is 11.6 Å². The van der Waals surface area contributed by atoms with E-state index >= 15 is 0 Å². The second-order valence-corrected chi connectivity index (χ2v) is 7.72. The molecular weight excluding hydrogens is 285 g/mol. The number of benzene rings is 1. The van der Waals surface area contributed by atoms with Gasteiger partial charge in [0.2, 0.25) is 0 Å². The summed E-state index contributed by atoms with van der Waals surface area (Å²) in [5.74, 6) is 0.312. The molecule has 120 valence electrons. The molecule has 1 rings (SSSR count). The predicted molar refractivity (Wildman–Crippen MR) is 90.4 cm³/mol. The van der Waals surface area contributed by atoms with Gasteiger partial charge in [-0.2, -0.15) is 0 Å². The molecule has 0 saturated carbocycles. The van der Waals surface area contributed by atoms with E-state index in [4.69, 9.17) is 11.6 Å². The van der Waals surface area contributed by atoms with Crippen LogP contribution in [-0.4, -0.2) is 12.6 Å². The first-order valence-electron chi connectivity index (χ1n) is 7.88. The first kappa shape index (κ1) is 18.4. The van der Waals surface area contributed by atoms with Crippen molar-refractivity contribution in [3.05, 3.63) is 34.6 Å². The van der Waals surface area contributed by atoms with Gasteiger partial charge in [-0.15, -0.1) is 0 Å². The van der Waals surface area contributed by atoms with Crippen LogP contribution in [0.5, 0.6) is 0 Å². The molecule has 1 aromatic carbocycles. The maximum atomic E-state index is 13.2. The fraction of sp³-hybridized carbons (Fsp3) is 0.667. The Labute approximate surface area is 134 Å². The Kier molecular flexibility index (Phi) is 7.15. The average Bonchev–Trinajstić information content (AvgIpc) is 2.31. The summed E-state index contributed by atoms with van der Waals surface area (Å²) in [5, 5.41) is 3.76. The normalized spacial score (nSPS) is 15.0. The van der Waals surface area contributed by atoms with E-state index < -0.39 is 0 Å². The van der Waals surface area contributed by atoms with Crippen LogP contribution in [0, 0.1) is 17.2 Å². The van der Waals surface area contributed by atoms with Gasteiger partial charge in [0.05, 0.1) is 5.02 Å². The van der Waals surface area contributed by atoms with Crippen molar-refractivity contribution in [3.63, 3.8) is 0 Å². The Morgan fingerprint density at radius 1 is 1.29 bits per heavy atom. The fourth-order valence-electron chi connectivity index (χ4n) is 3.09. The summed E-state index contributed by atoms with van der Waals surface area (Å²) in [7, 11) is 0. The van der Waals surface area contributed by atoms with Gasteiger partial charge in [-0.1, -0.05) is 52.3 Å². The van der Waals surface area contributed by atoms with Crippen LogP contribution in [0.3, 0.4) is 0 Å². The molecule has 0 aliphatic heterocycles. The summed E-state index contributed by atoms with van der Waals surface area (Å²) in [6.45, 7) is 12.2. The van der Waals surface area contributed by atoms with Gasteiger partial charge in [-0.25, -0.2) is 4.39 Å². The second kappa shape index (κ2) is 8.14. The van der Waals surface area contributed by atoms with Crippen molar-refractivity contribution < 1.29 is 4.39 Å². The lowest BCUT2D eigenvalue weighted by Crippen LogP contribution is -2.33. The van der Waals surface area contributed by atoms with Crippen molar-refractivity contribution in [3.8, 4) is 0 Å². The topological polar surface area (TPSA) is 12.0 Å². The molecule has 2 unspecified atom stereocenters. The van der Waals surface area contributed by atoms with Crippen LogP contribution in [0.15, 0.2) is 18.2 Å². The Morgan fingerprint density at radius 2 is 1.95 bits per heavy atom. The Morgan fingerprint density at radius 3 is 2.48 bits per heavy atom. The zero-order chi connectivity index (χ0) is 16.0. The standard InChI is InChI=1S/C18H29ClFN/c1-6-21-15(9-13(2)12-18(3,4)5)10-14-7-8-17(20)16(19)11-14/h7-8,11,13,15,21H,6,9-10,12H2,1-5H3. The largest absolute Gasteiger partial charge is 0.314 e. The molecule has 0 fully saturated rings. The van der Waals surface area contributed by atoms with Gasteiger partial charge in [0.15, 0.2) is 0 Å². The lowest BCUT2D eigenvalue weighted by atomic mass is 9.82. The zero-order valence-electron chi connectivity index (χ0n) is 14.0. The summed E-state index contributed by atoms with van der Waals surface area (Å²) < 4.78 is 13.2. The van der Waals surface area contributed by atoms with Gasteiger partial charge in [-0.05, 0) is 54.8 Å². The van der Waals surface area contributed by atoms with Crippen LogP contribution in [0.4, 0.5) is 4.39 Å². The molecule has 0 saturated heterocycles. The van der Waals surface area contributed by atoms with E-state index in [1.165, 1.54) is 12.5 Å². The van der Waals surface area contributed by atoms with E-state index in [0.29, 0.717) is 17.4 Å². The van der Waals surface area contributed by atoms with Gasteiger partial charge in [0.1, 0.15) is 5.82 Å². The van der Waals surface area contributed by atoms with Gasteiger partial charge >= 0.3 is 0 Å². The highest BCUT2D eigenvalue weighted by Crippen LogP contribution is 2.27. The maximum absolute atomic E-state index is 13.2. The highest BCUT2D eigenvalue weighted by molar-refractivity contribution is 6.30. The van der Waals surface area contributed by atoms with Crippen LogP contribution in [0.25, 0.3) is 0 Å². The summed E-state index contributed by atoms with van der Waals surface area (Å²) in [6.07, 6.45) is 3.22. The SMILES string of the molecule is CCNC(Cc1ccc(F)c(Cl)c1)CC(C)CC(C)(C)C. The molecule has 2 atom stereocenters. The zero-order valence-corrected chi connectivity index (χ0v) is 14.7. The first-order chi connectivity index (χ1) is 9.71. The molecule has 1 nitrogen and oxygen atoms in total. The summed E-state index contributed by atoms with van der Waals surface area (Å²) >= 11 is 5.87. The van der Waals surface area contributed by atoms with E-state index in [9.17, 15) is 4.39 Å². The molecule has 0 aliphatic carbocycles. The fourth-order valence-corrected chi connectivity index (χ4v) is 3.30. The quantitative estimate of drug-likeness (QED) is 0.704. The Hall–Kier alpha value is -0.600. The lowest BCUT2D eigenvalue weighted by Gasteiger charge is -2.27. The van der Waals surface area contributed by atoms with E-state index in [0.717, 1.165) is 24.9 Å². The molecule has 0 spiro atoms. The third kappa shape index (κ3) is 7.28. The van der Waals surface area contributed by atoms with Crippen LogP contribution in [0.2, 0.25) is 5.02 Å². The minimum atomic E-state index is -0.346. The van der Waals surface area contributed by atoms with Crippen LogP contribution < -0.4 is 5.32 Å². The van der Waals surface area contributed by atoms with Gasteiger partial charge in [0.25, 0.3) is 0 Å². The Bertz CT molecular complexity index is 439. The summed E-state index contributed by atoms with van der Waals surface area (Å²) in [4.78, 5) is 0. The van der Waals surface area contributed by atoms with Crippen LogP contribution in [0.1, 0.15) is 53.0 Å². The van der Waals surface area contributed by atoms with E-state index in [-0.39, 0.29) is 10.8 Å². The third-order valence-corrected chi connectivity index (χ3v) is 3.90. The van der Waals surface area contributed by atoms with Crippen molar-refractivity contribution in [1.29, 1.82) is 0 Å². The average molecular weight is 314 g/mol. The molecule has 21 heavy (non-hydrogen) atoms. The molecular formula is C18H29ClFN. The molecule has 1 aromatic rings. The molecule has 3 heteroatoms. The number of rotatable bonds is 7. The molecule has 0 amide bonds. The number of hydrogen-bond acceptors (Lipinski definition) is 1. The van der Waals surface area contributed by atoms with Gasteiger partial charge in [-0.3, -0.25) is 0 Å². The molecule has 0 bridgehead atoms. The lowest BCUT2D eigenvalue weighted by molar-refractivity contribution is 0.275. The molecule has 0 aromatic heterocycles. The number of halogens is 2. The van der Waals surface area contributed by atoms with Crippen LogP contribution >= 0.6 is 11.6 Å². The second-order valence-electron chi connectivity index (χ2n) is 7.31. The van der Waals surface area contributed by atoms with Gasteiger partial charge < -0.3 is 5.32 Å². The van der Waals surface area contributed by atoms with Crippen molar-refractivity contribution in [2.75, 3.05) is 6.54 Å². The summed E-state index contributed by atoms with van der Waals surface area (Å²) in [5.41, 5.74) is 1.45. The van der Waals surface area contributed by atoms with E-state index in [1.54, 1.807) is 6.07 Å². The van der Waals surface area contributed by atoms with Crippen molar-refractivity contribution in [2.24, 2.45) is 11.3 Å². The maximum Gasteiger partial charge on any atom is 0.141 e. The van der Waals surface area contributed by atoms with Gasteiger partial charge in [0, 0.05) is 6.04 Å². The van der Waals surface area contributed by atoms with Crippen molar-refractivity contribution in [1.82, 2.24) is 5.32 Å². The third-order valence-electron chi connectivity index (χ3n) is 3.61. The smallest absolute Gasteiger partial charge is 0.141 e. The van der Waals surface area contributed by atoms with Crippen molar-refractivity contribution in [2.45, 2.75) is 59.9 Å². The first-order valence-corrected chi connectivity index (χ1v) is 8.26. The predicted octanol–water partition coefficient (Wildman–Crippen LogP) is 5.46. The molecule has 0 aliphatic rings. The number of nitrogens with one attached hydrogen (secondary N) is 1. The Balaban J connectivity index is 2.66. The minimum Gasteiger partial charge on any atom is -0.314 e.